The average molecular weight is 149 g/mol. The van der Waals surface area contributed by atoms with E-state index in [9.17, 15) is 4.21 Å². The van der Waals surface area contributed by atoms with Gasteiger partial charge in [-0.15, -0.1) is 5.92 Å². The first-order chi connectivity index (χ1) is 4.27. The molecule has 4 nitrogen and oxygen atoms in total. The first-order valence-electron chi connectivity index (χ1n) is 2.15. The molecule has 0 aromatic heterocycles. The topological polar surface area (TPSA) is 58.6 Å². The third-order valence-electron chi connectivity index (χ3n) is 0.451. The second kappa shape index (κ2) is 5.72. The minimum Gasteiger partial charge on any atom is -0.292 e. The molecule has 0 saturated heterocycles. The molecular weight excluding hydrogens is 142 g/mol. The molecular formula is C4H7NO3S. The lowest BCUT2D eigenvalue weighted by molar-refractivity contribution is 0.122. The van der Waals surface area contributed by atoms with Gasteiger partial charge in [0.25, 0.3) is 11.3 Å². The van der Waals surface area contributed by atoms with E-state index in [4.69, 9.17) is 4.55 Å². The first-order valence-corrected chi connectivity index (χ1v) is 3.26. The van der Waals surface area contributed by atoms with Crippen LogP contribution in [0.2, 0.25) is 0 Å². The lowest BCUT2D eigenvalue weighted by Crippen LogP contribution is -2.16. The SMILES string of the molecule is CC#CCONS(=O)O. The van der Waals surface area contributed by atoms with Crippen molar-refractivity contribution in [2.45, 2.75) is 6.92 Å². The van der Waals surface area contributed by atoms with E-state index in [2.05, 4.69) is 16.7 Å². The molecule has 9 heavy (non-hydrogen) atoms. The van der Waals surface area contributed by atoms with Gasteiger partial charge in [0, 0.05) is 0 Å². The van der Waals surface area contributed by atoms with Crippen molar-refractivity contribution in [3.05, 3.63) is 0 Å². The highest BCUT2D eigenvalue weighted by atomic mass is 32.2. The van der Waals surface area contributed by atoms with Gasteiger partial charge in [-0.2, -0.15) is 0 Å². The minimum atomic E-state index is -2.11. The molecule has 0 fully saturated rings. The van der Waals surface area contributed by atoms with Gasteiger partial charge in [0.1, 0.15) is 6.61 Å². The molecule has 0 rings (SSSR count). The molecule has 0 radical (unpaired) electrons. The van der Waals surface area contributed by atoms with E-state index >= 15 is 0 Å². The lowest BCUT2D eigenvalue weighted by atomic mass is 10.6. The molecule has 0 aliphatic heterocycles. The molecule has 0 amide bonds. The highest BCUT2D eigenvalue weighted by Crippen LogP contribution is 1.66. The van der Waals surface area contributed by atoms with Crippen LogP contribution >= 0.6 is 0 Å². The van der Waals surface area contributed by atoms with Gasteiger partial charge < -0.3 is 0 Å². The zero-order valence-corrected chi connectivity index (χ0v) is 5.70. The molecule has 52 valence electrons. The Labute approximate surface area is 56.0 Å². The molecule has 0 bridgehead atoms. The Morgan fingerprint density at radius 1 is 1.89 bits per heavy atom. The van der Waals surface area contributed by atoms with Crippen LogP contribution in [0.5, 0.6) is 0 Å². The van der Waals surface area contributed by atoms with Gasteiger partial charge in [-0.25, -0.2) is 4.21 Å². The van der Waals surface area contributed by atoms with Crippen LogP contribution in [-0.4, -0.2) is 15.4 Å². The predicted molar refractivity (Wildman–Crippen MR) is 33.3 cm³/mol. The van der Waals surface area contributed by atoms with Gasteiger partial charge >= 0.3 is 0 Å². The van der Waals surface area contributed by atoms with Gasteiger partial charge in [-0.05, 0) is 6.92 Å². The summed E-state index contributed by atoms with van der Waals surface area (Å²) in [5, 5.41) is 0. The maximum Gasteiger partial charge on any atom is 0.256 e. The van der Waals surface area contributed by atoms with Crippen molar-refractivity contribution in [1.82, 2.24) is 4.89 Å². The molecule has 0 spiro atoms. The van der Waals surface area contributed by atoms with E-state index in [1.807, 2.05) is 0 Å². The largest absolute Gasteiger partial charge is 0.292 e. The zero-order valence-electron chi connectivity index (χ0n) is 4.88. The molecule has 1 atom stereocenters. The third kappa shape index (κ3) is 7.59. The van der Waals surface area contributed by atoms with Crippen LogP contribution in [0, 0.1) is 11.8 Å². The molecule has 0 aromatic carbocycles. The van der Waals surface area contributed by atoms with Crippen LogP contribution in [0.25, 0.3) is 0 Å². The minimum absolute atomic E-state index is 0.114. The fourth-order valence-corrected chi connectivity index (χ4v) is 0.348. The number of hydrogen-bond donors (Lipinski definition) is 2. The quantitative estimate of drug-likeness (QED) is 0.250. The van der Waals surface area contributed by atoms with Crippen molar-refractivity contribution in [2.24, 2.45) is 0 Å². The molecule has 5 heteroatoms. The fourth-order valence-electron chi connectivity index (χ4n) is 0.188. The number of hydrogen-bond acceptors (Lipinski definition) is 2. The van der Waals surface area contributed by atoms with Crippen molar-refractivity contribution in [1.29, 1.82) is 0 Å². The summed E-state index contributed by atoms with van der Waals surface area (Å²) in [6.07, 6.45) is 0. The predicted octanol–water partition coefficient (Wildman–Crippen LogP) is -0.332. The Balaban J connectivity index is 3.07. The van der Waals surface area contributed by atoms with E-state index in [0.29, 0.717) is 0 Å². The van der Waals surface area contributed by atoms with Crippen LogP contribution < -0.4 is 4.89 Å². The van der Waals surface area contributed by atoms with E-state index < -0.39 is 11.3 Å². The van der Waals surface area contributed by atoms with Crippen LogP contribution in [0.3, 0.4) is 0 Å². The molecule has 1 unspecified atom stereocenters. The van der Waals surface area contributed by atoms with Crippen LogP contribution in [0.15, 0.2) is 0 Å². The second-order valence-electron chi connectivity index (χ2n) is 1.05. The van der Waals surface area contributed by atoms with E-state index in [1.54, 1.807) is 11.8 Å². The summed E-state index contributed by atoms with van der Waals surface area (Å²) in [5.41, 5.74) is 0. The maximum absolute atomic E-state index is 9.79. The van der Waals surface area contributed by atoms with Crippen molar-refractivity contribution in [2.75, 3.05) is 6.61 Å². The Kier molecular flexibility index (Phi) is 5.46. The molecule has 0 saturated carbocycles. The Morgan fingerprint density at radius 3 is 3.00 bits per heavy atom. The Morgan fingerprint density at radius 2 is 2.56 bits per heavy atom. The van der Waals surface area contributed by atoms with Gasteiger partial charge in [0.2, 0.25) is 0 Å². The van der Waals surface area contributed by atoms with Crippen molar-refractivity contribution in [3.63, 3.8) is 0 Å². The zero-order chi connectivity index (χ0) is 7.11. The van der Waals surface area contributed by atoms with Gasteiger partial charge in [-0.1, -0.05) is 10.8 Å². The monoisotopic (exact) mass is 149 g/mol. The molecule has 2 N–H and O–H groups in total. The number of rotatable bonds is 3. The third-order valence-corrected chi connectivity index (χ3v) is 0.712. The maximum atomic E-state index is 9.79. The summed E-state index contributed by atoms with van der Waals surface area (Å²) in [7, 11) is 0. The molecule has 0 aliphatic carbocycles. The molecule has 0 heterocycles. The highest BCUT2D eigenvalue weighted by molar-refractivity contribution is 7.76. The van der Waals surface area contributed by atoms with Gasteiger partial charge in [0.05, 0.1) is 0 Å². The summed E-state index contributed by atoms with van der Waals surface area (Å²) < 4.78 is 17.8. The molecule has 0 aromatic rings. The van der Waals surface area contributed by atoms with Gasteiger partial charge in [-0.3, -0.25) is 9.39 Å². The summed E-state index contributed by atoms with van der Waals surface area (Å²) >= 11 is -2.11. The van der Waals surface area contributed by atoms with Gasteiger partial charge in [0.15, 0.2) is 0 Å². The van der Waals surface area contributed by atoms with Crippen LogP contribution in [-0.2, 0) is 16.1 Å². The smallest absolute Gasteiger partial charge is 0.256 e. The Hall–Kier alpha value is -0.410. The van der Waals surface area contributed by atoms with Crippen LogP contribution in [0.1, 0.15) is 6.92 Å². The first kappa shape index (κ1) is 8.59. The average Bonchev–Trinajstić information content (AvgIpc) is 1.80. The Bertz CT molecular complexity index is 148. The van der Waals surface area contributed by atoms with Crippen molar-refractivity contribution >= 4 is 11.3 Å². The summed E-state index contributed by atoms with van der Waals surface area (Å²) in [6.45, 7) is 1.77. The van der Waals surface area contributed by atoms with Crippen LogP contribution in [0.4, 0.5) is 0 Å². The summed E-state index contributed by atoms with van der Waals surface area (Å²) in [4.78, 5) is 6.17. The van der Waals surface area contributed by atoms with E-state index in [0.717, 1.165) is 0 Å². The normalized spacial score (nSPS) is 11.8. The summed E-state index contributed by atoms with van der Waals surface area (Å²) in [5.74, 6) is 5.07. The van der Waals surface area contributed by atoms with Crippen molar-refractivity contribution in [3.8, 4) is 11.8 Å². The standard InChI is InChI=1S/C4H7NO3S/c1-2-3-4-8-5-9(6)7/h5H,4H2,1H3,(H,6,7). The highest BCUT2D eigenvalue weighted by Gasteiger charge is 1.85. The summed E-state index contributed by atoms with van der Waals surface area (Å²) in [6, 6.07) is 0. The van der Waals surface area contributed by atoms with Crippen molar-refractivity contribution < 1.29 is 13.6 Å². The second-order valence-corrected chi connectivity index (χ2v) is 1.71. The number of nitrogens with one attached hydrogen (secondary N) is 1. The van der Waals surface area contributed by atoms with E-state index in [-0.39, 0.29) is 6.61 Å². The molecule has 0 aliphatic rings. The fraction of sp³-hybridized carbons (Fsp3) is 0.500. The van der Waals surface area contributed by atoms with E-state index in [1.165, 1.54) is 0 Å². The lowest BCUT2D eigenvalue weighted by Gasteiger charge is -1.92.